The first-order chi connectivity index (χ1) is 17.5. The number of nitrogens with zero attached hydrogens (tertiary/aromatic N) is 2. The van der Waals surface area contributed by atoms with Gasteiger partial charge in [0.25, 0.3) is 0 Å². The second kappa shape index (κ2) is 13.2. The molecule has 0 unspecified atom stereocenters. The quantitative estimate of drug-likeness (QED) is 0.408. The molecule has 196 valence electrons. The van der Waals surface area contributed by atoms with Crippen molar-refractivity contribution in [3.8, 4) is 0 Å². The van der Waals surface area contributed by atoms with Crippen molar-refractivity contribution in [2.75, 3.05) is 43.9 Å². The molecule has 36 heavy (non-hydrogen) atoms. The van der Waals surface area contributed by atoms with E-state index in [4.69, 9.17) is 16.3 Å². The number of amides is 1. The van der Waals surface area contributed by atoms with Crippen LogP contribution in [-0.4, -0.2) is 59.8 Å². The van der Waals surface area contributed by atoms with E-state index in [0.29, 0.717) is 48.4 Å². The van der Waals surface area contributed by atoms with Crippen molar-refractivity contribution in [1.82, 2.24) is 14.6 Å². The molecule has 2 fully saturated rings. The maximum atomic E-state index is 14.9. The average Bonchev–Trinajstić information content (AvgIpc) is 2.88. The minimum atomic E-state index is -0.372. The SMILES string of the molecule is CCCSN1CCNC[C@@H]1CCc1c(F)cncc1NC(=O)CC1(c2ccc(Cl)cc2)CCOCC1. The number of hydrogen-bond acceptors (Lipinski definition) is 6. The van der Waals surface area contributed by atoms with Gasteiger partial charge in [-0.05, 0) is 49.8 Å². The standard InChI is InChI=1S/C27H36ClFN4O2S/c1-2-15-36-33-12-11-30-17-22(33)7-8-23-24(29)18-31-19-25(23)32-26(34)16-27(9-13-35-14-10-27)20-3-5-21(28)6-4-20/h3-6,18-19,22,30H,2,7-17H2,1H3,(H,32,34)/t22-/m0/s1. The molecule has 0 saturated carbocycles. The molecule has 1 atom stereocenters. The molecule has 1 amide bonds. The first-order valence-corrected chi connectivity index (χ1v) is 14.2. The Balaban J connectivity index is 1.45. The molecule has 2 N–H and O–H groups in total. The van der Waals surface area contributed by atoms with Crippen LogP contribution in [0.1, 0.15) is 50.2 Å². The smallest absolute Gasteiger partial charge is 0.225 e. The lowest BCUT2D eigenvalue weighted by Crippen LogP contribution is -2.48. The topological polar surface area (TPSA) is 66.5 Å². The number of ether oxygens (including phenoxy) is 1. The fraction of sp³-hybridized carbons (Fsp3) is 0.556. The predicted octanol–water partition coefficient (Wildman–Crippen LogP) is 5.22. The van der Waals surface area contributed by atoms with E-state index in [1.165, 1.54) is 6.20 Å². The molecule has 6 nitrogen and oxygen atoms in total. The lowest BCUT2D eigenvalue weighted by molar-refractivity contribution is -0.118. The molecule has 4 rings (SSSR count). The van der Waals surface area contributed by atoms with Crippen molar-refractivity contribution in [1.29, 1.82) is 0 Å². The van der Waals surface area contributed by atoms with Gasteiger partial charge in [-0.25, -0.2) is 8.70 Å². The molecule has 0 radical (unpaired) electrons. The molecular weight excluding hydrogens is 499 g/mol. The largest absolute Gasteiger partial charge is 0.381 e. The number of pyridine rings is 1. The number of piperazine rings is 1. The number of rotatable bonds is 10. The number of anilines is 1. The second-order valence-electron chi connectivity index (χ2n) is 9.64. The van der Waals surface area contributed by atoms with Crippen LogP contribution in [0.4, 0.5) is 10.1 Å². The summed E-state index contributed by atoms with van der Waals surface area (Å²) in [6.07, 6.45) is 7.06. The van der Waals surface area contributed by atoms with Gasteiger partial charge in [0.15, 0.2) is 0 Å². The lowest BCUT2D eigenvalue weighted by Gasteiger charge is -2.37. The summed E-state index contributed by atoms with van der Waals surface area (Å²) in [5, 5.41) is 7.12. The van der Waals surface area contributed by atoms with Gasteiger partial charge in [-0.1, -0.05) is 42.6 Å². The first-order valence-electron chi connectivity index (χ1n) is 12.9. The minimum absolute atomic E-state index is 0.139. The average molecular weight is 535 g/mol. The number of nitrogens with one attached hydrogen (secondary N) is 2. The summed E-state index contributed by atoms with van der Waals surface area (Å²) in [5.41, 5.74) is 1.74. The molecule has 0 aliphatic carbocycles. The van der Waals surface area contributed by atoms with Gasteiger partial charge in [0.1, 0.15) is 5.82 Å². The number of aromatic nitrogens is 1. The Labute approximate surface area is 222 Å². The first kappa shape index (κ1) is 27.3. The summed E-state index contributed by atoms with van der Waals surface area (Å²) < 4.78 is 22.9. The summed E-state index contributed by atoms with van der Waals surface area (Å²) >= 11 is 7.98. The van der Waals surface area contributed by atoms with E-state index < -0.39 is 0 Å². The third-order valence-electron chi connectivity index (χ3n) is 7.17. The van der Waals surface area contributed by atoms with Crippen LogP contribution in [0.15, 0.2) is 36.7 Å². The fourth-order valence-electron chi connectivity index (χ4n) is 5.14. The Bertz CT molecular complexity index is 1000. The molecule has 1 aromatic heterocycles. The molecule has 9 heteroatoms. The Morgan fingerprint density at radius 2 is 2.08 bits per heavy atom. The Kier molecular flexibility index (Phi) is 10.0. The summed E-state index contributed by atoms with van der Waals surface area (Å²) in [6, 6.07) is 8.04. The van der Waals surface area contributed by atoms with E-state index in [-0.39, 0.29) is 17.1 Å². The Morgan fingerprint density at radius 1 is 1.31 bits per heavy atom. The van der Waals surface area contributed by atoms with Crippen molar-refractivity contribution in [2.45, 2.75) is 56.9 Å². The number of halogens is 2. The van der Waals surface area contributed by atoms with Gasteiger partial charge in [-0.15, -0.1) is 0 Å². The third-order valence-corrected chi connectivity index (χ3v) is 8.82. The van der Waals surface area contributed by atoms with Gasteiger partial charge < -0.3 is 15.4 Å². The zero-order valence-electron chi connectivity index (χ0n) is 20.9. The molecule has 2 saturated heterocycles. The van der Waals surface area contributed by atoms with Crippen molar-refractivity contribution in [3.63, 3.8) is 0 Å². The van der Waals surface area contributed by atoms with Gasteiger partial charge in [-0.2, -0.15) is 0 Å². The molecule has 2 aromatic rings. The minimum Gasteiger partial charge on any atom is -0.381 e. The second-order valence-corrected chi connectivity index (χ2v) is 11.2. The van der Waals surface area contributed by atoms with Crippen LogP contribution in [0, 0.1) is 5.82 Å². The van der Waals surface area contributed by atoms with Gasteiger partial charge in [-0.3, -0.25) is 9.78 Å². The highest BCUT2D eigenvalue weighted by molar-refractivity contribution is 7.97. The van der Waals surface area contributed by atoms with Crippen LogP contribution in [0.2, 0.25) is 5.02 Å². The molecule has 0 bridgehead atoms. The maximum Gasteiger partial charge on any atom is 0.225 e. The number of hydrogen-bond donors (Lipinski definition) is 2. The van der Waals surface area contributed by atoms with Crippen molar-refractivity contribution < 1.29 is 13.9 Å². The van der Waals surface area contributed by atoms with Gasteiger partial charge in [0.05, 0.1) is 18.1 Å². The lowest BCUT2D eigenvalue weighted by atomic mass is 9.71. The van der Waals surface area contributed by atoms with Crippen LogP contribution >= 0.6 is 23.5 Å². The number of carbonyl (C=O) groups excluding carboxylic acids is 1. The molecule has 3 heterocycles. The fourth-order valence-corrected chi connectivity index (χ4v) is 6.29. The van der Waals surface area contributed by atoms with E-state index in [1.54, 1.807) is 6.20 Å². The summed E-state index contributed by atoms with van der Waals surface area (Å²) in [5.74, 6) is 0.574. The molecule has 2 aliphatic heterocycles. The zero-order chi connectivity index (χ0) is 25.4. The van der Waals surface area contributed by atoms with Crippen molar-refractivity contribution in [3.05, 3.63) is 58.6 Å². The van der Waals surface area contributed by atoms with E-state index in [1.807, 2.05) is 36.2 Å². The van der Waals surface area contributed by atoms with Crippen LogP contribution in [0.3, 0.4) is 0 Å². The molecule has 1 aromatic carbocycles. The van der Waals surface area contributed by atoms with Crippen LogP contribution in [0.25, 0.3) is 0 Å². The van der Waals surface area contributed by atoms with E-state index in [2.05, 4.69) is 26.8 Å². The van der Waals surface area contributed by atoms with Gasteiger partial charge in [0, 0.05) is 67.1 Å². The molecule has 2 aliphatic rings. The Hall–Kier alpha value is -1.71. The Morgan fingerprint density at radius 3 is 2.83 bits per heavy atom. The highest BCUT2D eigenvalue weighted by atomic mass is 35.5. The maximum absolute atomic E-state index is 14.9. The van der Waals surface area contributed by atoms with Crippen molar-refractivity contribution >= 4 is 35.1 Å². The molecular formula is C27H36ClFN4O2S. The van der Waals surface area contributed by atoms with E-state index in [0.717, 1.165) is 56.6 Å². The molecule has 0 spiro atoms. The normalized spacial score (nSPS) is 20.2. The van der Waals surface area contributed by atoms with E-state index >= 15 is 0 Å². The van der Waals surface area contributed by atoms with E-state index in [9.17, 15) is 9.18 Å². The number of benzene rings is 1. The van der Waals surface area contributed by atoms with Gasteiger partial charge in [0.2, 0.25) is 5.91 Å². The summed E-state index contributed by atoms with van der Waals surface area (Å²) in [6.45, 7) is 6.22. The third kappa shape index (κ3) is 6.98. The van der Waals surface area contributed by atoms with Crippen molar-refractivity contribution in [2.24, 2.45) is 0 Å². The van der Waals surface area contributed by atoms with Crippen LogP contribution in [0.5, 0.6) is 0 Å². The summed E-state index contributed by atoms with van der Waals surface area (Å²) in [7, 11) is 0. The summed E-state index contributed by atoms with van der Waals surface area (Å²) in [4.78, 5) is 17.3. The predicted molar refractivity (Wildman–Crippen MR) is 145 cm³/mol. The van der Waals surface area contributed by atoms with Gasteiger partial charge >= 0.3 is 0 Å². The monoisotopic (exact) mass is 534 g/mol. The van der Waals surface area contributed by atoms with Crippen LogP contribution in [-0.2, 0) is 21.4 Å². The zero-order valence-corrected chi connectivity index (χ0v) is 22.5. The van der Waals surface area contributed by atoms with Crippen LogP contribution < -0.4 is 10.6 Å². The highest BCUT2D eigenvalue weighted by Gasteiger charge is 2.37. The number of carbonyl (C=O) groups is 1. The highest BCUT2D eigenvalue weighted by Crippen LogP contribution is 2.39.